The summed E-state index contributed by atoms with van der Waals surface area (Å²) >= 11 is 0. The first-order chi connectivity index (χ1) is 7.06. The summed E-state index contributed by atoms with van der Waals surface area (Å²) in [5, 5.41) is 5.90. The Morgan fingerprint density at radius 1 is 1.40 bits per heavy atom. The van der Waals surface area contributed by atoms with Gasteiger partial charge < -0.3 is 10.6 Å². The van der Waals surface area contributed by atoms with Crippen LogP contribution in [0.2, 0.25) is 0 Å². The molecule has 1 rings (SSSR count). The summed E-state index contributed by atoms with van der Waals surface area (Å²) in [4.78, 5) is 13.5. The van der Waals surface area contributed by atoms with Crippen LogP contribution in [0.3, 0.4) is 0 Å². The Morgan fingerprint density at radius 3 is 2.53 bits per heavy atom. The van der Waals surface area contributed by atoms with Crippen LogP contribution in [0, 0.1) is 0 Å². The SMILES string of the molecule is CNC(=O)/C=C/C(C)(C)N1CCNCC1. The number of carbonyl (C=O) groups is 1. The molecule has 1 heterocycles. The Bertz CT molecular complexity index is 242. The Balaban J connectivity index is 2.56. The number of amides is 1. The highest BCUT2D eigenvalue weighted by molar-refractivity contribution is 5.87. The van der Waals surface area contributed by atoms with E-state index in [1.807, 2.05) is 6.08 Å². The van der Waals surface area contributed by atoms with Gasteiger partial charge in [0.05, 0.1) is 0 Å². The molecule has 0 radical (unpaired) electrons. The minimum Gasteiger partial charge on any atom is -0.356 e. The lowest BCUT2D eigenvalue weighted by molar-refractivity contribution is -0.116. The van der Waals surface area contributed by atoms with Gasteiger partial charge in [-0.15, -0.1) is 0 Å². The molecule has 0 unspecified atom stereocenters. The van der Waals surface area contributed by atoms with Crippen molar-refractivity contribution in [2.75, 3.05) is 33.2 Å². The average Bonchev–Trinajstić information content (AvgIpc) is 2.27. The van der Waals surface area contributed by atoms with Gasteiger partial charge >= 0.3 is 0 Å². The van der Waals surface area contributed by atoms with Crippen molar-refractivity contribution in [2.24, 2.45) is 0 Å². The van der Waals surface area contributed by atoms with Crippen molar-refractivity contribution >= 4 is 5.91 Å². The number of likely N-dealkylation sites (N-methyl/N-ethyl adjacent to an activating group) is 1. The zero-order valence-corrected chi connectivity index (χ0v) is 9.84. The van der Waals surface area contributed by atoms with Gasteiger partial charge in [-0.1, -0.05) is 6.08 Å². The third-order valence-corrected chi connectivity index (χ3v) is 2.82. The second-order valence-electron chi connectivity index (χ2n) is 4.34. The number of piperazine rings is 1. The molecule has 4 nitrogen and oxygen atoms in total. The van der Waals surface area contributed by atoms with Crippen molar-refractivity contribution < 1.29 is 4.79 Å². The number of rotatable bonds is 3. The van der Waals surface area contributed by atoms with Crippen LogP contribution in [-0.2, 0) is 4.79 Å². The van der Waals surface area contributed by atoms with Crippen LogP contribution in [-0.4, -0.2) is 49.6 Å². The van der Waals surface area contributed by atoms with E-state index in [0.29, 0.717) is 0 Å². The maximum atomic E-state index is 11.1. The van der Waals surface area contributed by atoms with E-state index in [-0.39, 0.29) is 11.4 Å². The van der Waals surface area contributed by atoms with Gasteiger partial charge in [-0.25, -0.2) is 0 Å². The lowest BCUT2D eigenvalue weighted by Gasteiger charge is -2.39. The highest BCUT2D eigenvalue weighted by Gasteiger charge is 2.24. The predicted molar refractivity (Wildman–Crippen MR) is 61.7 cm³/mol. The van der Waals surface area contributed by atoms with E-state index < -0.39 is 0 Å². The molecule has 0 aromatic carbocycles. The van der Waals surface area contributed by atoms with Crippen LogP contribution in [0.4, 0.5) is 0 Å². The Morgan fingerprint density at radius 2 is 2.00 bits per heavy atom. The maximum Gasteiger partial charge on any atom is 0.243 e. The molecule has 0 spiro atoms. The summed E-state index contributed by atoms with van der Waals surface area (Å²) in [5.74, 6) is -0.0433. The Hall–Kier alpha value is -0.870. The van der Waals surface area contributed by atoms with E-state index >= 15 is 0 Å². The van der Waals surface area contributed by atoms with Crippen LogP contribution >= 0.6 is 0 Å². The topological polar surface area (TPSA) is 44.4 Å². The molecular weight excluding hydrogens is 190 g/mol. The smallest absolute Gasteiger partial charge is 0.243 e. The third kappa shape index (κ3) is 3.64. The van der Waals surface area contributed by atoms with Crippen LogP contribution in [0.1, 0.15) is 13.8 Å². The van der Waals surface area contributed by atoms with Gasteiger partial charge in [0.25, 0.3) is 0 Å². The van der Waals surface area contributed by atoms with Crippen molar-refractivity contribution in [3.8, 4) is 0 Å². The Kier molecular flexibility index (Phi) is 4.29. The molecule has 15 heavy (non-hydrogen) atoms. The van der Waals surface area contributed by atoms with Gasteiger partial charge in [0.1, 0.15) is 0 Å². The van der Waals surface area contributed by atoms with Crippen LogP contribution < -0.4 is 10.6 Å². The summed E-state index contributed by atoms with van der Waals surface area (Å²) in [6.45, 7) is 8.39. The van der Waals surface area contributed by atoms with Gasteiger partial charge in [-0.3, -0.25) is 9.69 Å². The van der Waals surface area contributed by atoms with Crippen LogP contribution in [0.15, 0.2) is 12.2 Å². The molecule has 1 fully saturated rings. The summed E-state index contributed by atoms with van der Waals surface area (Å²) in [6.07, 6.45) is 3.58. The number of hydrogen-bond donors (Lipinski definition) is 2. The van der Waals surface area contributed by atoms with Gasteiger partial charge in [-0.05, 0) is 13.8 Å². The minimum atomic E-state index is -0.0470. The molecule has 0 atom stereocenters. The molecule has 1 aliphatic rings. The molecule has 0 aromatic rings. The van der Waals surface area contributed by atoms with Crippen LogP contribution in [0.25, 0.3) is 0 Å². The number of hydrogen-bond acceptors (Lipinski definition) is 3. The third-order valence-electron chi connectivity index (χ3n) is 2.82. The lowest BCUT2D eigenvalue weighted by atomic mass is 10.0. The minimum absolute atomic E-state index is 0.0433. The van der Waals surface area contributed by atoms with Gasteiger partial charge in [0, 0.05) is 44.8 Å². The fraction of sp³-hybridized carbons (Fsp3) is 0.727. The molecule has 0 aliphatic carbocycles. The van der Waals surface area contributed by atoms with Crippen molar-refractivity contribution in [3.63, 3.8) is 0 Å². The molecule has 0 aromatic heterocycles. The van der Waals surface area contributed by atoms with E-state index in [1.54, 1.807) is 13.1 Å². The van der Waals surface area contributed by atoms with E-state index in [4.69, 9.17) is 0 Å². The Labute approximate surface area is 91.7 Å². The number of nitrogens with zero attached hydrogens (tertiary/aromatic N) is 1. The molecule has 2 N–H and O–H groups in total. The zero-order valence-electron chi connectivity index (χ0n) is 9.84. The second-order valence-corrected chi connectivity index (χ2v) is 4.34. The molecule has 0 saturated carbocycles. The van der Waals surface area contributed by atoms with Crippen molar-refractivity contribution in [1.29, 1.82) is 0 Å². The first-order valence-corrected chi connectivity index (χ1v) is 5.43. The normalized spacial score (nSPS) is 19.4. The first-order valence-electron chi connectivity index (χ1n) is 5.43. The summed E-state index contributed by atoms with van der Waals surface area (Å²) in [6, 6.07) is 0. The molecule has 4 heteroatoms. The van der Waals surface area contributed by atoms with Crippen LogP contribution in [0.5, 0.6) is 0 Å². The lowest BCUT2D eigenvalue weighted by Crippen LogP contribution is -2.52. The molecule has 1 aliphatic heterocycles. The van der Waals surface area contributed by atoms with Crippen molar-refractivity contribution in [3.05, 3.63) is 12.2 Å². The zero-order chi connectivity index (χ0) is 11.3. The highest BCUT2D eigenvalue weighted by Crippen LogP contribution is 2.16. The number of nitrogens with one attached hydrogen (secondary N) is 2. The second kappa shape index (κ2) is 5.28. The fourth-order valence-corrected chi connectivity index (χ4v) is 1.71. The maximum absolute atomic E-state index is 11.1. The van der Waals surface area contributed by atoms with Gasteiger partial charge in [-0.2, -0.15) is 0 Å². The van der Waals surface area contributed by atoms with E-state index in [1.165, 1.54) is 0 Å². The van der Waals surface area contributed by atoms with E-state index in [9.17, 15) is 4.79 Å². The molecule has 0 bridgehead atoms. The molecule has 86 valence electrons. The average molecular weight is 211 g/mol. The van der Waals surface area contributed by atoms with E-state index in [0.717, 1.165) is 26.2 Å². The van der Waals surface area contributed by atoms with E-state index in [2.05, 4.69) is 29.4 Å². The summed E-state index contributed by atoms with van der Waals surface area (Å²) < 4.78 is 0. The standard InChI is InChI=1S/C11H21N3O/c1-11(2,5-4-10(15)12-3)14-8-6-13-7-9-14/h4-5,13H,6-9H2,1-3H3,(H,12,15)/b5-4+. The first kappa shape index (κ1) is 12.2. The molecule has 1 amide bonds. The van der Waals surface area contributed by atoms with Crippen molar-refractivity contribution in [1.82, 2.24) is 15.5 Å². The number of carbonyl (C=O) groups excluding carboxylic acids is 1. The summed E-state index contributed by atoms with van der Waals surface area (Å²) in [5.41, 5.74) is -0.0470. The molecular formula is C11H21N3O. The van der Waals surface area contributed by atoms with Gasteiger partial charge in [0.15, 0.2) is 0 Å². The molecule has 1 saturated heterocycles. The summed E-state index contributed by atoms with van der Waals surface area (Å²) in [7, 11) is 1.64. The van der Waals surface area contributed by atoms with Crippen molar-refractivity contribution in [2.45, 2.75) is 19.4 Å². The largest absolute Gasteiger partial charge is 0.356 e. The highest BCUT2D eigenvalue weighted by atomic mass is 16.1. The quantitative estimate of drug-likeness (QED) is 0.645. The van der Waals surface area contributed by atoms with Gasteiger partial charge in [0.2, 0.25) is 5.91 Å². The monoisotopic (exact) mass is 211 g/mol. The fourth-order valence-electron chi connectivity index (χ4n) is 1.71. The predicted octanol–water partition coefficient (Wildman–Crippen LogP) is -0.0276.